The van der Waals surface area contributed by atoms with Crippen LogP contribution in [0, 0.1) is 0 Å². The van der Waals surface area contributed by atoms with Gasteiger partial charge in [-0.05, 0) is 42.0 Å². The van der Waals surface area contributed by atoms with Crippen molar-refractivity contribution in [1.82, 2.24) is 36.1 Å². The number of hydrogen-bond acceptors (Lipinski definition) is 9. The molecule has 0 unspecified atom stereocenters. The molecule has 68 heavy (non-hydrogen) atoms. The van der Waals surface area contributed by atoms with E-state index in [1.54, 1.807) is 0 Å². The van der Waals surface area contributed by atoms with Crippen LogP contribution in [0.2, 0.25) is 0 Å². The van der Waals surface area contributed by atoms with Crippen LogP contribution in [0.4, 0.5) is 26.3 Å². The molecule has 3 fully saturated rings. The van der Waals surface area contributed by atoms with Crippen molar-refractivity contribution in [3.8, 4) is 0 Å². The Balaban J connectivity index is 0.000000538. The molecule has 3 aromatic carbocycles. The minimum absolute atomic E-state index is 0.102. The number of carboxylic acid groups (broad SMARTS) is 2. The number of hydrogen-bond donors (Lipinski definition) is 7. The number of aromatic nitrogens is 1. The highest BCUT2D eigenvalue weighted by atomic mass is 19.4. The normalized spacial score (nSPS) is 21.9. The Kier molecular flexibility index (Phi) is 18.9. The van der Waals surface area contributed by atoms with Crippen LogP contribution in [0.25, 0.3) is 10.9 Å². The zero-order valence-electron chi connectivity index (χ0n) is 36.7. The number of carbonyl (C=O) groups excluding carboxylic acids is 4. The third-order valence-corrected chi connectivity index (χ3v) is 11.5. The van der Waals surface area contributed by atoms with E-state index in [9.17, 15) is 45.5 Å². The van der Waals surface area contributed by atoms with Crippen molar-refractivity contribution in [3.05, 3.63) is 108 Å². The van der Waals surface area contributed by atoms with Gasteiger partial charge in [-0.1, -0.05) is 78.9 Å². The lowest BCUT2D eigenvalue weighted by Gasteiger charge is -2.42. The van der Waals surface area contributed by atoms with Crippen molar-refractivity contribution in [2.75, 3.05) is 45.9 Å². The van der Waals surface area contributed by atoms with E-state index in [0.29, 0.717) is 25.6 Å². The standard InChI is InChI=1S/C42H51N7O5.2C2HF3O2/c50-39-26-38(49-17-15-33(16-18-49)48-19-21-54-22-20-48)42(53)44-28-32(23-29-9-3-1-4-10-29)45-40(51)36(24-30-11-5-2-6-12-30)47-41(52)37(46-39)25-31-27-43-35-14-8-7-13-34(31)35;2*3-2(4,5)1(6)7/h1-14,27,32-33,36-38,43H,15-26,28H2,(H,44,53)(H,45,51)(H,46,50)(H,47,52);2*(H,6,7)/t32-,36+,37+,38-;;/m1../s1. The van der Waals surface area contributed by atoms with Crippen LogP contribution in [0.3, 0.4) is 0 Å². The summed E-state index contributed by atoms with van der Waals surface area (Å²) in [5.74, 6) is -7.00. The predicted molar refractivity (Wildman–Crippen MR) is 234 cm³/mol. The highest BCUT2D eigenvalue weighted by Gasteiger charge is 2.39. The number of carbonyl (C=O) groups is 6. The molecule has 3 aliphatic rings. The van der Waals surface area contributed by atoms with Crippen molar-refractivity contribution < 1.29 is 70.1 Å². The van der Waals surface area contributed by atoms with E-state index in [0.717, 1.165) is 66.7 Å². The van der Waals surface area contributed by atoms with Crippen LogP contribution in [-0.2, 0) is 52.8 Å². The fourth-order valence-electron chi connectivity index (χ4n) is 8.10. The summed E-state index contributed by atoms with van der Waals surface area (Å²) in [7, 11) is 0. The predicted octanol–water partition coefficient (Wildman–Crippen LogP) is 3.60. The van der Waals surface area contributed by atoms with Crippen molar-refractivity contribution in [1.29, 1.82) is 0 Å². The number of H-pyrrole nitrogens is 1. The number of aliphatic carboxylic acids is 2. The number of likely N-dealkylation sites (tertiary alicyclic amines) is 1. The van der Waals surface area contributed by atoms with Crippen molar-refractivity contribution >= 4 is 46.5 Å². The molecule has 7 N–H and O–H groups in total. The monoisotopic (exact) mass is 961 g/mol. The molecule has 3 saturated heterocycles. The first-order valence-corrected chi connectivity index (χ1v) is 21.7. The van der Waals surface area contributed by atoms with Crippen LogP contribution < -0.4 is 21.3 Å². The molecule has 4 amide bonds. The Labute approximate surface area is 386 Å². The van der Waals surface area contributed by atoms with Crippen LogP contribution in [0.1, 0.15) is 36.0 Å². The summed E-state index contributed by atoms with van der Waals surface area (Å²) in [6, 6.07) is 24.4. The van der Waals surface area contributed by atoms with Gasteiger partial charge in [0.05, 0.1) is 31.7 Å². The number of nitrogens with one attached hydrogen (secondary N) is 5. The number of amides is 4. The number of morpholine rings is 1. The molecule has 0 spiro atoms. The molecular formula is C46H53F6N7O9. The average Bonchev–Trinajstić information content (AvgIpc) is 3.72. The number of fused-ring (bicyclic) bond motifs is 1. The summed E-state index contributed by atoms with van der Waals surface area (Å²) >= 11 is 0. The third kappa shape index (κ3) is 16.1. The van der Waals surface area contributed by atoms with Gasteiger partial charge in [-0.15, -0.1) is 0 Å². The van der Waals surface area contributed by atoms with Crippen LogP contribution in [0.5, 0.6) is 0 Å². The zero-order valence-corrected chi connectivity index (χ0v) is 36.7. The summed E-state index contributed by atoms with van der Waals surface area (Å²) in [4.78, 5) is 82.4. The Morgan fingerprint density at radius 1 is 0.632 bits per heavy atom. The number of halogens is 6. The van der Waals surface area contributed by atoms with E-state index in [1.807, 2.05) is 91.1 Å². The maximum absolute atomic E-state index is 14.3. The highest BCUT2D eigenvalue weighted by molar-refractivity contribution is 5.95. The molecule has 7 rings (SSSR count). The molecule has 368 valence electrons. The Morgan fingerprint density at radius 3 is 1.72 bits per heavy atom. The molecule has 22 heteroatoms. The van der Waals surface area contributed by atoms with Gasteiger partial charge in [0.2, 0.25) is 23.6 Å². The van der Waals surface area contributed by atoms with Crippen LogP contribution >= 0.6 is 0 Å². The van der Waals surface area contributed by atoms with Gasteiger partial charge < -0.3 is 41.2 Å². The van der Waals surface area contributed by atoms with Gasteiger partial charge in [0, 0.05) is 68.7 Å². The van der Waals surface area contributed by atoms with E-state index in [4.69, 9.17) is 24.5 Å². The molecule has 3 aliphatic heterocycles. The molecule has 0 bridgehead atoms. The minimum Gasteiger partial charge on any atom is -0.475 e. The summed E-state index contributed by atoms with van der Waals surface area (Å²) < 4.78 is 69.0. The van der Waals surface area contributed by atoms with E-state index >= 15 is 0 Å². The average molecular weight is 962 g/mol. The van der Waals surface area contributed by atoms with Gasteiger partial charge in [0.1, 0.15) is 12.1 Å². The first-order valence-electron chi connectivity index (χ1n) is 21.7. The summed E-state index contributed by atoms with van der Waals surface area (Å²) in [5.41, 5.74) is 3.66. The molecule has 16 nitrogen and oxygen atoms in total. The number of carboxylic acids is 2. The summed E-state index contributed by atoms with van der Waals surface area (Å²) in [6.45, 7) is 4.75. The van der Waals surface area contributed by atoms with Crippen LogP contribution in [0.15, 0.2) is 91.1 Å². The summed E-state index contributed by atoms with van der Waals surface area (Å²) in [5, 5.41) is 27.5. The van der Waals surface area contributed by atoms with Crippen molar-refractivity contribution in [3.63, 3.8) is 0 Å². The largest absolute Gasteiger partial charge is 0.490 e. The van der Waals surface area contributed by atoms with Gasteiger partial charge in [-0.3, -0.25) is 29.0 Å². The Morgan fingerprint density at radius 2 is 1.15 bits per heavy atom. The third-order valence-electron chi connectivity index (χ3n) is 11.5. The lowest BCUT2D eigenvalue weighted by atomic mass is 9.98. The second kappa shape index (κ2) is 24.5. The zero-order chi connectivity index (χ0) is 49.4. The molecule has 1 aromatic heterocycles. The molecule has 4 heterocycles. The van der Waals surface area contributed by atoms with Gasteiger partial charge in [0.25, 0.3) is 0 Å². The second-order valence-corrected chi connectivity index (χ2v) is 16.3. The first kappa shape index (κ1) is 52.4. The number of aromatic amines is 1. The SMILES string of the molecule is O=C(O)C(F)(F)F.O=C(O)C(F)(F)F.O=C1C[C@@H](N2CCC(N3CCOCC3)CC2)C(=O)NC[C@@H](Cc2ccccc2)NC(=O)[C@H](Cc2ccccc2)NC(=O)[C@H](Cc2c[nH]c3ccccc23)N1. The lowest BCUT2D eigenvalue weighted by Crippen LogP contribution is -2.60. The quantitative estimate of drug-likeness (QED) is 0.127. The van der Waals surface area contributed by atoms with Crippen LogP contribution in [-0.4, -0.2) is 149 Å². The first-order chi connectivity index (χ1) is 32.3. The number of alkyl halides is 6. The summed E-state index contributed by atoms with van der Waals surface area (Å²) in [6.07, 6.45) is -5.74. The van der Waals surface area contributed by atoms with Gasteiger partial charge >= 0.3 is 24.3 Å². The van der Waals surface area contributed by atoms with Gasteiger partial charge in [-0.25, -0.2) is 9.59 Å². The van der Waals surface area contributed by atoms with E-state index in [1.165, 1.54) is 0 Å². The fraction of sp³-hybridized carbons (Fsp3) is 0.435. The highest BCUT2D eigenvalue weighted by Crippen LogP contribution is 2.23. The molecule has 4 aromatic rings. The smallest absolute Gasteiger partial charge is 0.475 e. The Hall–Kier alpha value is -6.52. The topological polar surface area (TPSA) is 222 Å². The van der Waals surface area contributed by atoms with E-state index in [2.05, 4.69) is 36.1 Å². The van der Waals surface area contributed by atoms with E-state index in [-0.39, 0.29) is 37.6 Å². The molecule has 0 radical (unpaired) electrons. The maximum Gasteiger partial charge on any atom is 0.490 e. The molecular weight excluding hydrogens is 909 g/mol. The number of rotatable bonds is 8. The molecule has 0 saturated carbocycles. The number of ether oxygens (including phenoxy) is 1. The van der Waals surface area contributed by atoms with Crippen molar-refractivity contribution in [2.24, 2.45) is 0 Å². The number of nitrogens with zero attached hydrogens (tertiary/aromatic N) is 2. The Bertz CT molecular complexity index is 2280. The minimum atomic E-state index is -5.08. The number of piperidine rings is 1. The molecule has 4 atom stereocenters. The fourth-order valence-corrected chi connectivity index (χ4v) is 8.10. The van der Waals surface area contributed by atoms with Gasteiger partial charge in [0.15, 0.2) is 0 Å². The van der Waals surface area contributed by atoms with Crippen molar-refractivity contribution in [2.45, 2.75) is 81.1 Å². The lowest BCUT2D eigenvalue weighted by molar-refractivity contribution is -0.193. The molecule has 0 aliphatic carbocycles. The number of benzene rings is 3. The maximum atomic E-state index is 14.3. The number of para-hydroxylation sites is 1. The second-order valence-electron chi connectivity index (χ2n) is 16.3. The van der Waals surface area contributed by atoms with Gasteiger partial charge in [-0.2, -0.15) is 26.3 Å². The van der Waals surface area contributed by atoms with E-state index < -0.39 is 60.3 Å².